The monoisotopic (exact) mass is 470 g/mol. The van der Waals surface area contributed by atoms with Crippen LogP contribution in [0.2, 0.25) is 0 Å². The Balaban J connectivity index is 1.46. The Labute approximate surface area is 191 Å². The van der Waals surface area contributed by atoms with Gasteiger partial charge in [0.05, 0.1) is 17.7 Å². The van der Waals surface area contributed by atoms with Gasteiger partial charge >= 0.3 is 0 Å². The molecule has 0 saturated heterocycles. The van der Waals surface area contributed by atoms with Crippen molar-refractivity contribution < 1.29 is 27.1 Å². The summed E-state index contributed by atoms with van der Waals surface area (Å²) in [5.41, 5.74) is 1.91. The molecule has 1 aliphatic rings. The third-order valence-electron chi connectivity index (χ3n) is 5.25. The van der Waals surface area contributed by atoms with Gasteiger partial charge < -0.3 is 14.8 Å². The molecule has 1 aliphatic heterocycles. The van der Waals surface area contributed by atoms with Gasteiger partial charge in [-0.25, -0.2) is 12.8 Å². The molecule has 7 nitrogen and oxygen atoms in total. The summed E-state index contributed by atoms with van der Waals surface area (Å²) in [6, 6.07) is 16.8. The molecule has 0 fully saturated rings. The van der Waals surface area contributed by atoms with E-state index >= 15 is 0 Å². The molecular weight excluding hydrogens is 447 g/mol. The summed E-state index contributed by atoms with van der Waals surface area (Å²) in [5.74, 6) is 0.299. The van der Waals surface area contributed by atoms with Crippen LogP contribution in [0, 0.1) is 5.82 Å². The third-order valence-corrected chi connectivity index (χ3v) is 7.08. The number of fused-ring (bicyclic) bond motifs is 1. The summed E-state index contributed by atoms with van der Waals surface area (Å²) < 4.78 is 51.4. The van der Waals surface area contributed by atoms with E-state index in [1.54, 1.807) is 49.6 Å². The number of ether oxygens (including phenoxy) is 2. The van der Waals surface area contributed by atoms with Gasteiger partial charge in [0, 0.05) is 18.3 Å². The number of carbonyl (C=O) groups is 1. The van der Waals surface area contributed by atoms with Crippen molar-refractivity contribution >= 4 is 27.3 Å². The summed E-state index contributed by atoms with van der Waals surface area (Å²) in [4.78, 5) is 12.4. The van der Waals surface area contributed by atoms with Crippen LogP contribution in [0.1, 0.15) is 12.0 Å². The minimum Gasteiger partial charge on any atom is -0.497 e. The molecule has 0 saturated carbocycles. The van der Waals surface area contributed by atoms with Crippen LogP contribution in [-0.2, 0) is 21.2 Å². The fourth-order valence-corrected chi connectivity index (χ4v) is 5.20. The van der Waals surface area contributed by atoms with Gasteiger partial charge in [0.15, 0.2) is 6.61 Å². The number of benzene rings is 3. The second-order valence-corrected chi connectivity index (χ2v) is 9.36. The SMILES string of the molecule is COc1cccc(OCC(=O)Nc2ccc3c(c2)CCCN3S(=O)(=O)c2ccc(F)cc2)c1. The summed E-state index contributed by atoms with van der Waals surface area (Å²) in [5, 5.41) is 2.78. The van der Waals surface area contributed by atoms with Gasteiger partial charge in [0.1, 0.15) is 17.3 Å². The molecule has 0 radical (unpaired) electrons. The van der Waals surface area contributed by atoms with E-state index in [4.69, 9.17) is 9.47 Å². The lowest BCUT2D eigenvalue weighted by molar-refractivity contribution is -0.118. The Bertz CT molecular complexity index is 1260. The molecule has 4 rings (SSSR count). The van der Waals surface area contributed by atoms with Gasteiger partial charge in [-0.05, 0) is 73.0 Å². The Kier molecular flexibility index (Phi) is 6.50. The van der Waals surface area contributed by atoms with Gasteiger partial charge in [-0.1, -0.05) is 6.07 Å². The molecule has 3 aromatic carbocycles. The number of rotatable bonds is 7. The summed E-state index contributed by atoms with van der Waals surface area (Å²) >= 11 is 0. The van der Waals surface area contributed by atoms with Crippen LogP contribution < -0.4 is 19.1 Å². The van der Waals surface area contributed by atoms with Crippen LogP contribution >= 0.6 is 0 Å². The van der Waals surface area contributed by atoms with E-state index in [9.17, 15) is 17.6 Å². The van der Waals surface area contributed by atoms with Crippen molar-refractivity contribution in [2.24, 2.45) is 0 Å². The maximum atomic E-state index is 13.2. The van der Waals surface area contributed by atoms with E-state index in [2.05, 4.69) is 5.32 Å². The van der Waals surface area contributed by atoms with Crippen LogP contribution in [0.5, 0.6) is 11.5 Å². The van der Waals surface area contributed by atoms with Crippen molar-refractivity contribution in [1.29, 1.82) is 0 Å². The Morgan fingerprint density at radius 1 is 1.06 bits per heavy atom. The maximum Gasteiger partial charge on any atom is 0.264 e. The zero-order valence-corrected chi connectivity index (χ0v) is 18.8. The minimum atomic E-state index is -3.82. The van der Waals surface area contributed by atoms with Crippen molar-refractivity contribution in [2.75, 3.05) is 29.9 Å². The second-order valence-electron chi connectivity index (χ2n) is 7.49. The van der Waals surface area contributed by atoms with Crippen molar-refractivity contribution in [1.82, 2.24) is 0 Å². The van der Waals surface area contributed by atoms with Gasteiger partial charge in [-0.3, -0.25) is 9.10 Å². The number of methoxy groups -OCH3 is 1. The Hall–Kier alpha value is -3.59. The summed E-state index contributed by atoms with van der Waals surface area (Å²) in [6.07, 6.45) is 1.30. The molecule has 0 aromatic heterocycles. The van der Waals surface area contributed by atoms with E-state index in [1.165, 1.54) is 16.4 Å². The normalized spacial score (nSPS) is 13.2. The molecule has 33 heavy (non-hydrogen) atoms. The number of sulfonamides is 1. The molecule has 0 spiro atoms. The fourth-order valence-electron chi connectivity index (χ4n) is 3.66. The van der Waals surface area contributed by atoms with Crippen molar-refractivity contribution in [3.05, 3.63) is 78.1 Å². The number of carbonyl (C=O) groups excluding carboxylic acids is 1. The molecule has 0 atom stereocenters. The molecule has 172 valence electrons. The van der Waals surface area contributed by atoms with E-state index in [0.717, 1.165) is 17.7 Å². The summed E-state index contributed by atoms with van der Waals surface area (Å²) in [6.45, 7) is 0.141. The van der Waals surface area contributed by atoms with Crippen molar-refractivity contribution in [3.8, 4) is 11.5 Å². The largest absolute Gasteiger partial charge is 0.497 e. The zero-order chi connectivity index (χ0) is 23.4. The molecule has 0 aliphatic carbocycles. The highest BCUT2D eigenvalue weighted by Gasteiger charge is 2.29. The van der Waals surface area contributed by atoms with Gasteiger partial charge in [-0.2, -0.15) is 0 Å². The zero-order valence-electron chi connectivity index (χ0n) is 18.0. The smallest absolute Gasteiger partial charge is 0.264 e. The first-order valence-electron chi connectivity index (χ1n) is 10.3. The molecule has 0 bridgehead atoms. The average Bonchev–Trinajstić information content (AvgIpc) is 2.82. The molecule has 1 N–H and O–H groups in total. The highest BCUT2D eigenvalue weighted by atomic mass is 32.2. The number of nitrogens with one attached hydrogen (secondary N) is 1. The van der Waals surface area contributed by atoms with Crippen LogP contribution in [-0.4, -0.2) is 34.6 Å². The lowest BCUT2D eigenvalue weighted by Gasteiger charge is -2.31. The molecule has 9 heteroatoms. The fraction of sp³-hybridized carbons (Fsp3) is 0.208. The van der Waals surface area contributed by atoms with Crippen LogP contribution in [0.4, 0.5) is 15.8 Å². The van der Waals surface area contributed by atoms with Crippen molar-refractivity contribution in [2.45, 2.75) is 17.7 Å². The van der Waals surface area contributed by atoms with E-state index in [0.29, 0.717) is 42.3 Å². The summed E-state index contributed by atoms with van der Waals surface area (Å²) in [7, 11) is -2.27. The minimum absolute atomic E-state index is 0.0313. The molecular formula is C24H23FN2O5S. The van der Waals surface area contributed by atoms with Gasteiger partial charge in [0.2, 0.25) is 0 Å². The topological polar surface area (TPSA) is 84.9 Å². The Morgan fingerprint density at radius 2 is 1.82 bits per heavy atom. The Morgan fingerprint density at radius 3 is 2.58 bits per heavy atom. The van der Waals surface area contributed by atoms with Crippen LogP contribution in [0.25, 0.3) is 0 Å². The number of hydrogen-bond acceptors (Lipinski definition) is 5. The lowest BCUT2D eigenvalue weighted by Crippen LogP contribution is -2.35. The second kappa shape index (κ2) is 9.50. The quantitative estimate of drug-likeness (QED) is 0.564. The van der Waals surface area contributed by atoms with E-state index in [-0.39, 0.29) is 17.4 Å². The first-order valence-corrected chi connectivity index (χ1v) is 11.8. The molecule has 3 aromatic rings. The number of nitrogens with zero attached hydrogens (tertiary/aromatic N) is 1. The van der Waals surface area contributed by atoms with Crippen LogP contribution in [0.15, 0.2) is 71.6 Å². The maximum absolute atomic E-state index is 13.2. The van der Waals surface area contributed by atoms with Gasteiger partial charge in [-0.15, -0.1) is 0 Å². The first-order chi connectivity index (χ1) is 15.9. The van der Waals surface area contributed by atoms with Crippen molar-refractivity contribution in [3.63, 3.8) is 0 Å². The number of halogens is 1. The molecule has 1 heterocycles. The van der Waals surface area contributed by atoms with Gasteiger partial charge in [0.25, 0.3) is 15.9 Å². The standard InChI is InChI=1S/C24H23FN2O5S/c1-31-20-5-2-6-21(15-20)32-16-24(28)26-19-9-12-23-17(14-19)4-3-13-27(23)33(29,30)22-10-7-18(25)8-11-22/h2,5-12,14-15H,3-4,13,16H2,1H3,(H,26,28). The highest BCUT2D eigenvalue weighted by molar-refractivity contribution is 7.92. The predicted molar refractivity (Wildman–Crippen MR) is 123 cm³/mol. The highest BCUT2D eigenvalue weighted by Crippen LogP contribution is 2.34. The number of aryl methyl sites for hydroxylation is 1. The molecule has 1 amide bonds. The predicted octanol–water partition coefficient (Wildman–Crippen LogP) is 3.99. The van der Waals surface area contributed by atoms with Crippen LogP contribution in [0.3, 0.4) is 0 Å². The number of hydrogen-bond donors (Lipinski definition) is 1. The molecule has 0 unspecified atom stereocenters. The van der Waals surface area contributed by atoms with E-state index < -0.39 is 15.8 Å². The third kappa shape index (κ3) is 5.09. The van der Waals surface area contributed by atoms with E-state index in [1.807, 2.05) is 0 Å². The average molecular weight is 471 g/mol. The lowest BCUT2D eigenvalue weighted by atomic mass is 10.0. The first kappa shape index (κ1) is 22.6. The number of amides is 1. The number of anilines is 2.